The van der Waals surface area contributed by atoms with Gasteiger partial charge in [0.05, 0.1) is 11.5 Å². The Bertz CT molecular complexity index is 466. The summed E-state index contributed by atoms with van der Waals surface area (Å²) in [7, 11) is -2.95. The van der Waals surface area contributed by atoms with E-state index in [0.29, 0.717) is 12.2 Å². The van der Waals surface area contributed by atoms with Gasteiger partial charge in [-0.2, -0.15) is 0 Å². The van der Waals surface area contributed by atoms with Crippen molar-refractivity contribution in [1.29, 1.82) is 0 Å². The summed E-state index contributed by atoms with van der Waals surface area (Å²) in [6.07, 6.45) is 3.18. The summed E-state index contributed by atoms with van der Waals surface area (Å²) in [6, 6.07) is 0. The number of nitrogens with zero attached hydrogens (tertiary/aromatic N) is 2. The van der Waals surface area contributed by atoms with E-state index in [1.165, 1.54) is 0 Å². The summed E-state index contributed by atoms with van der Waals surface area (Å²) in [5.41, 5.74) is 0. The lowest BCUT2D eigenvalue weighted by Gasteiger charge is -2.17. The molecule has 90 valence electrons. The minimum atomic E-state index is -2.95. The molecule has 2 atom stereocenters. The monoisotopic (exact) mass is 244 g/mol. The molecule has 2 unspecified atom stereocenters. The molecule has 0 spiro atoms. The highest BCUT2D eigenvalue weighted by Crippen LogP contribution is 2.30. The molecule has 0 amide bonds. The molecule has 16 heavy (non-hydrogen) atoms. The second-order valence-electron chi connectivity index (χ2n) is 4.18. The molecule has 5 nitrogen and oxygen atoms in total. The highest BCUT2D eigenvalue weighted by molar-refractivity contribution is 7.91. The number of hydrogen-bond acceptors (Lipinski definition) is 4. The van der Waals surface area contributed by atoms with Gasteiger partial charge < -0.3 is 9.67 Å². The molecule has 0 radical (unpaired) electrons. The third kappa shape index (κ3) is 2.12. The lowest BCUT2D eigenvalue weighted by molar-refractivity contribution is 0.108. The van der Waals surface area contributed by atoms with E-state index in [1.807, 2.05) is 11.5 Å². The Morgan fingerprint density at radius 2 is 2.44 bits per heavy atom. The quantitative estimate of drug-likeness (QED) is 0.834. The van der Waals surface area contributed by atoms with Crippen LogP contribution in [0.15, 0.2) is 12.4 Å². The van der Waals surface area contributed by atoms with E-state index in [-0.39, 0.29) is 17.4 Å². The zero-order chi connectivity index (χ0) is 11.8. The van der Waals surface area contributed by atoms with Gasteiger partial charge in [-0.3, -0.25) is 0 Å². The maximum Gasteiger partial charge on any atom is 0.150 e. The van der Waals surface area contributed by atoms with Crippen LogP contribution in [0.25, 0.3) is 0 Å². The third-order valence-corrected chi connectivity index (χ3v) is 4.86. The maximum atomic E-state index is 11.3. The average Bonchev–Trinajstić information content (AvgIpc) is 2.82. The van der Waals surface area contributed by atoms with E-state index in [4.69, 9.17) is 0 Å². The van der Waals surface area contributed by atoms with Crippen LogP contribution in [-0.2, 0) is 16.4 Å². The van der Waals surface area contributed by atoms with E-state index < -0.39 is 15.9 Å². The van der Waals surface area contributed by atoms with Gasteiger partial charge in [0.25, 0.3) is 0 Å². The van der Waals surface area contributed by atoms with Crippen molar-refractivity contribution in [2.24, 2.45) is 5.92 Å². The minimum Gasteiger partial charge on any atom is -0.385 e. The van der Waals surface area contributed by atoms with Gasteiger partial charge in [-0.1, -0.05) is 0 Å². The second-order valence-corrected chi connectivity index (χ2v) is 6.41. The topological polar surface area (TPSA) is 72.2 Å². The highest BCUT2D eigenvalue weighted by Gasteiger charge is 2.35. The van der Waals surface area contributed by atoms with Crippen molar-refractivity contribution in [2.45, 2.75) is 26.0 Å². The van der Waals surface area contributed by atoms with Crippen molar-refractivity contribution in [3.05, 3.63) is 18.2 Å². The largest absolute Gasteiger partial charge is 0.385 e. The van der Waals surface area contributed by atoms with Crippen LogP contribution < -0.4 is 0 Å². The number of hydrogen-bond donors (Lipinski definition) is 1. The van der Waals surface area contributed by atoms with E-state index in [0.717, 1.165) is 6.54 Å². The molecule has 1 aliphatic heterocycles. The van der Waals surface area contributed by atoms with Gasteiger partial charge in [-0.25, -0.2) is 13.4 Å². The molecule has 1 aliphatic rings. The van der Waals surface area contributed by atoms with E-state index in [2.05, 4.69) is 4.98 Å². The number of aryl methyl sites for hydroxylation is 1. The lowest BCUT2D eigenvalue weighted by atomic mass is 10.0. The summed E-state index contributed by atoms with van der Waals surface area (Å²) >= 11 is 0. The zero-order valence-electron chi connectivity index (χ0n) is 9.20. The van der Waals surface area contributed by atoms with E-state index in [9.17, 15) is 13.5 Å². The van der Waals surface area contributed by atoms with Gasteiger partial charge in [0, 0.05) is 24.9 Å². The normalized spacial score (nSPS) is 25.8. The molecular weight excluding hydrogens is 228 g/mol. The van der Waals surface area contributed by atoms with Crippen molar-refractivity contribution in [1.82, 2.24) is 9.55 Å². The zero-order valence-corrected chi connectivity index (χ0v) is 10.0. The molecule has 1 N–H and O–H groups in total. The Balaban J connectivity index is 2.17. The van der Waals surface area contributed by atoms with Gasteiger partial charge in [0.15, 0.2) is 9.84 Å². The molecule has 1 aromatic heterocycles. The van der Waals surface area contributed by atoms with Crippen molar-refractivity contribution >= 4 is 9.84 Å². The SMILES string of the molecule is CCn1ccnc1C(O)C1CCS(=O)(=O)C1. The lowest BCUT2D eigenvalue weighted by Crippen LogP contribution is -2.18. The fourth-order valence-corrected chi connectivity index (χ4v) is 3.97. The van der Waals surface area contributed by atoms with E-state index in [1.54, 1.807) is 12.4 Å². The van der Waals surface area contributed by atoms with Gasteiger partial charge in [0.1, 0.15) is 11.9 Å². The molecule has 0 bridgehead atoms. The van der Waals surface area contributed by atoms with Gasteiger partial charge in [0.2, 0.25) is 0 Å². The fourth-order valence-electron chi connectivity index (χ4n) is 2.14. The smallest absolute Gasteiger partial charge is 0.150 e. The van der Waals surface area contributed by atoms with Crippen LogP contribution in [-0.4, -0.2) is 34.6 Å². The minimum absolute atomic E-state index is 0.0741. The van der Waals surface area contributed by atoms with Crippen LogP contribution in [0.5, 0.6) is 0 Å². The van der Waals surface area contributed by atoms with Crippen molar-refractivity contribution in [2.75, 3.05) is 11.5 Å². The van der Waals surface area contributed by atoms with Gasteiger partial charge in [-0.05, 0) is 13.3 Å². The molecule has 0 saturated carbocycles. The van der Waals surface area contributed by atoms with Crippen LogP contribution in [0.4, 0.5) is 0 Å². The Labute approximate surface area is 95.0 Å². The summed E-state index contributed by atoms with van der Waals surface area (Å²) in [5.74, 6) is 0.619. The Morgan fingerprint density at radius 3 is 3.00 bits per heavy atom. The predicted octanol–water partition coefficient (Wildman–Crippen LogP) is 0.371. The van der Waals surface area contributed by atoms with Crippen molar-refractivity contribution < 1.29 is 13.5 Å². The molecule has 6 heteroatoms. The maximum absolute atomic E-state index is 11.3. The van der Waals surface area contributed by atoms with E-state index >= 15 is 0 Å². The standard InChI is InChI=1S/C10H16N2O3S/c1-2-12-5-4-11-10(12)9(13)8-3-6-16(14,15)7-8/h4-5,8-9,13H,2-3,6-7H2,1H3. The van der Waals surface area contributed by atoms with Crippen LogP contribution in [0.2, 0.25) is 0 Å². The number of sulfone groups is 1. The van der Waals surface area contributed by atoms with Crippen molar-refractivity contribution in [3.63, 3.8) is 0 Å². The molecular formula is C10H16N2O3S. The predicted molar refractivity (Wildman–Crippen MR) is 59.6 cm³/mol. The van der Waals surface area contributed by atoms with Crippen LogP contribution in [0.1, 0.15) is 25.3 Å². The number of rotatable bonds is 3. The Morgan fingerprint density at radius 1 is 1.69 bits per heavy atom. The van der Waals surface area contributed by atoms with Gasteiger partial charge in [-0.15, -0.1) is 0 Å². The van der Waals surface area contributed by atoms with Gasteiger partial charge >= 0.3 is 0 Å². The summed E-state index contributed by atoms with van der Waals surface area (Å²) in [4.78, 5) is 4.10. The molecule has 0 aromatic carbocycles. The number of aromatic nitrogens is 2. The first-order valence-electron chi connectivity index (χ1n) is 5.43. The highest BCUT2D eigenvalue weighted by atomic mass is 32.2. The first-order valence-corrected chi connectivity index (χ1v) is 7.25. The summed E-state index contributed by atoms with van der Waals surface area (Å²) in [5, 5.41) is 10.1. The molecule has 2 heterocycles. The first-order chi connectivity index (χ1) is 7.53. The fraction of sp³-hybridized carbons (Fsp3) is 0.700. The second kappa shape index (κ2) is 4.18. The first kappa shape index (κ1) is 11.6. The molecule has 1 aromatic rings. The van der Waals surface area contributed by atoms with Crippen LogP contribution in [0.3, 0.4) is 0 Å². The summed E-state index contributed by atoms with van der Waals surface area (Å²) < 4.78 is 24.5. The molecule has 1 fully saturated rings. The molecule has 0 aliphatic carbocycles. The Hall–Kier alpha value is -0.880. The van der Waals surface area contributed by atoms with Crippen LogP contribution in [0, 0.1) is 5.92 Å². The third-order valence-electron chi connectivity index (χ3n) is 3.07. The average molecular weight is 244 g/mol. The number of imidazole rings is 1. The summed E-state index contributed by atoms with van der Waals surface area (Å²) in [6.45, 7) is 2.69. The van der Waals surface area contributed by atoms with Crippen molar-refractivity contribution in [3.8, 4) is 0 Å². The van der Waals surface area contributed by atoms with Crippen LogP contribution >= 0.6 is 0 Å². The molecule has 1 saturated heterocycles. The molecule has 2 rings (SSSR count). The number of aliphatic hydroxyl groups excluding tert-OH is 1. The number of aliphatic hydroxyl groups is 1. The Kier molecular flexibility index (Phi) is 3.03.